The first-order valence-electron chi connectivity index (χ1n) is 20.1. The van der Waals surface area contributed by atoms with Gasteiger partial charge in [-0.15, -0.1) is 0 Å². The van der Waals surface area contributed by atoms with Crippen molar-refractivity contribution in [3.63, 3.8) is 0 Å². The van der Waals surface area contributed by atoms with Crippen LogP contribution in [-0.4, -0.2) is 39.9 Å². The second kappa shape index (κ2) is 20.5. The Balaban J connectivity index is 0.000000290. The Bertz CT molecular complexity index is 1640. The maximum atomic E-state index is 13.1. The summed E-state index contributed by atoms with van der Waals surface area (Å²) in [6.07, 6.45) is 18.0. The van der Waals surface area contributed by atoms with Crippen molar-refractivity contribution in [2.75, 3.05) is 6.54 Å². The zero-order valence-electron chi connectivity index (χ0n) is 33.6. The number of carbonyl (C=O) groups excluding carboxylic acids is 4. The van der Waals surface area contributed by atoms with Crippen LogP contribution >= 0.6 is 0 Å². The molecule has 0 bridgehead atoms. The quantitative estimate of drug-likeness (QED) is 0.0476. The Labute approximate surface area is 318 Å². The molecule has 53 heavy (non-hydrogen) atoms. The van der Waals surface area contributed by atoms with Gasteiger partial charge < -0.3 is 15.5 Å². The average molecular weight is 728 g/mol. The van der Waals surface area contributed by atoms with Gasteiger partial charge in [0.1, 0.15) is 5.76 Å². The van der Waals surface area contributed by atoms with Crippen LogP contribution in [0.15, 0.2) is 93.2 Å². The summed E-state index contributed by atoms with van der Waals surface area (Å²) in [4.78, 5) is 51.4. The lowest BCUT2D eigenvalue weighted by atomic mass is 9.70. The predicted molar refractivity (Wildman–Crippen MR) is 215 cm³/mol. The number of rotatable bonds is 16. The summed E-state index contributed by atoms with van der Waals surface area (Å²) in [5.41, 5.74) is 6.22. The van der Waals surface area contributed by atoms with Crippen molar-refractivity contribution in [1.82, 2.24) is 5.32 Å². The van der Waals surface area contributed by atoms with Gasteiger partial charge >= 0.3 is 0 Å². The van der Waals surface area contributed by atoms with E-state index in [9.17, 15) is 29.4 Å². The Hall–Kier alpha value is -4.00. The van der Waals surface area contributed by atoms with Crippen LogP contribution < -0.4 is 5.32 Å². The largest absolute Gasteiger partial charge is 0.505 e. The average Bonchev–Trinajstić information content (AvgIpc) is 3.10. The summed E-state index contributed by atoms with van der Waals surface area (Å²) in [7, 11) is 0. The summed E-state index contributed by atoms with van der Waals surface area (Å²) in [5, 5.41) is 25.0. The van der Waals surface area contributed by atoms with Gasteiger partial charge in [0, 0.05) is 29.5 Å². The molecule has 0 fully saturated rings. The molecule has 4 atom stereocenters. The minimum Gasteiger partial charge on any atom is -0.505 e. The lowest BCUT2D eigenvalue weighted by molar-refractivity contribution is -0.133. The van der Waals surface area contributed by atoms with E-state index < -0.39 is 11.6 Å². The van der Waals surface area contributed by atoms with Gasteiger partial charge in [-0.3, -0.25) is 19.2 Å². The second-order valence-electron chi connectivity index (χ2n) is 15.7. The Morgan fingerprint density at radius 3 is 1.72 bits per heavy atom. The number of aliphatic hydroxyl groups excluding tert-OH is 2. The predicted octanol–water partition coefficient (Wildman–Crippen LogP) is 10.7. The number of Topliss-reactive ketones (excluding diaryl/α,β-unsaturated/α-hetero) is 3. The Morgan fingerprint density at radius 2 is 1.21 bits per heavy atom. The number of unbranched alkanes of at least 4 members (excludes halogenated alkanes) is 5. The third kappa shape index (κ3) is 10.8. The van der Waals surface area contributed by atoms with E-state index in [-0.39, 0.29) is 57.9 Å². The fraction of sp³-hybridized carbons (Fsp3) is 0.565. The molecule has 0 aromatic heterocycles. The summed E-state index contributed by atoms with van der Waals surface area (Å²) in [6.45, 7) is 23.1. The normalized spacial score (nSPS) is 23.7. The van der Waals surface area contributed by atoms with E-state index in [1.165, 1.54) is 17.2 Å². The van der Waals surface area contributed by atoms with Gasteiger partial charge in [0.15, 0.2) is 11.5 Å². The molecule has 4 aliphatic carbocycles. The minimum absolute atomic E-state index is 0.0283. The van der Waals surface area contributed by atoms with E-state index in [4.69, 9.17) is 0 Å². The Morgan fingerprint density at radius 1 is 0.698 bits per heavy atom. The maximum absolute atomic E-state index is 13.1. The van der Waals surface area contributed by atoms with Crippen molar-refractivity contribution in [1.29, 1.82) is 0 Å². The molecule has 4 rings (SSSR count). The summed E-state index contributed by atoms with van der Waals surface area (Å²) in [6, 6.07) is 0. The molecule has 0 aliphatic heterocycles. The molecule has 0 radical (unpaired) electrons. The third-order valence-electron chi connectivity index (χ3n) is 11.2. The van der Waals surface area contributed by atoms with Crippen molar-refractivity contribution in [2.24, 2.45) is 23.7 Å². The second-order valence-corrected chi connectivity index (χ2v) is 15.7. The van der Waals surface area contributed by atoms with Gasteiger partial charge in [-0.2, -0.15) is 0 Å². The van der Waals surface area contributed by atoms with Crippen LogP contribution in [0, 0.1) is 23.7 Å². The molecular weight excluding hydrogens is 663 g/mol. The summed E-state index contributed by atoms with van der Waals surface area (Å²) in [5.74, 6) is -2.36. The van der Waals surface area contributed by atoms with Gasteiger partial charge in [-0.05, 0) is 103 Å². The molecule has 0 aromatic carbocycles. The zero-order valence-corrected chi connectivity index (χ0v) is 33.6. The number of hydrogen-bond donors (Lipinski definition) is 3. The van der Waals surface area contributed by atoms with Crippen LogP contribution in [0.25, 0.3) is 0 Å². The van der Waals surface area contributed by atoms with E-state index in [0.29, 0.717) is 36.2 Å². The molecule has 0 heterocycles. The standard InChI is InChI=1S/C25H37NO3.C21H28O3/c1-6-8-10-11-19-22(26-14-9-7-2)24(28)21(25(29)23(19)27)20-15-17(5)12-13-18(20)16(3)4;1-5-6-7-8-15-12-18(22)19(21(24)20(15)23)17-11-14(4)9-10-16(17)13(2)3/h15,18,20,26,28H,3,6-14H2,1-2,4-5H3;11-12,16-17,24H,2,5-10H2,1,3-4H3/t18-,20+;16-,17+/m00/s1. The van der Waals surface area contributed by atoms with E-state index in [1.807, 2.05) is 39.8 Å². The number of allylic oxidation sites excluding steroid dienone is 11. The minimum atomic E-state index is -0.544. The third-order valence-corrected chi connectivity index (χ3v) is 11.2. The smallest absolute Gasteiger partial charge is 0.233 e. The molecule has 0 amide bonds. The summed E-state index contributed by atoms with van der Waals surface area (Å²) < 4.78 is 0. The number of hydrogen-bond acceptors (Lipinski definition) is 7. The van der Waals surface area contributed by atoms with Crippen molar-refractivity contribution in [2.45, 2.75) is 138 Å². The lowest BCUT2D eigenvalue weighted by Crippen LogP contribution is -2.36. The number of aliphatic hydroxyl groups is 2. The first kappa shape index (κ1) is 43.4. The highest BCUT2D eigenvalue weighted by Crippen LogP contribution is 2.42. The van der Waals surface area contributed by atoms with Gasteiger partial charge in [-0.25, -0.2) is 0 Å². The number of carbonyl (C=O) groups is 4. The van der Waals surface area contributed by atoms with Gasteiger partial charge in [0.2, 0.25) is 17.3 Å². The monoisotopic (exact) mass is 727 g/mol. The van der Waals surface area contributed by atoms with Crippen molar-refractivity contribution >= 4 is 23.1 Å². The molecule has 7 heteroatoms. The SMILES string of the molecule is C=C(C)[C@@H]1CCC(C)=C[C@H]1C1=C(O)C(=O)C(CCCCC)=CC1=O.C=C(C)[C@@H]1CCC(C)=C[C@H]1C1=C(O)C(NCCCC)=C(CCCCC)C(=O)C1=O. The van der Waals surface area contributed by atoms with Crippen molar-refractivity contribution in [3.8, 4) is 0 Å². The highest BCUT2D eigenvalue weighted by Gasteiger charge is 2.41. The Kier molecular flexibility index (Phi) is 16.8. The molecule has 0 saturated carbocycles. The van der Waals surface area contributed by atoms with Crippen LogP contribution in [0.2, 0.25) is 0 Å². The molecule has 3 N–H and O–H groups in total. The lowest BCUT2D eigenvalue weighted by Gasteiger charge is -2.34. The molecule has 0 unspecified atom stereocenters. The van der Waals surface area contributed by atoms with Crippen LogP contribution in [0.3, 0.4) is 0 Å². The van der Waals surface area contributed by atoms with Crippen LogP contribution in [0.5, 0.6) is 0 Å². The van der Waals surface area contributed by atoms with Crippen molar-refractivity contribution < 1.29 is 29.4 Å². The molecule has 0 aromatic rings. The van der Waals surface area contributed by atoms with Gasteiger partial charge in [0.05, 0.1) is 16.8 Å². The fourth-order valence-electron chi connectivity index (χ4n) is 8.02. The van der Waals surface area contributed by atoms with Gasteiger partial charge in [-0.1, -0.05) is 100 Å². The van der Waals surface area contributed by atoms with Crippen LogP contribution in [-0.2, 0) is 19.2 Å². The van der Waals surface area contributed by atoms with E-state index in [1.54, 1.807) is 0 Å². The van der Waals surface area contributed by atoms with Crippen molar-refractivity contribution in [3.05, 3.63) is 93.2 Å². The highest BCUT2D eigenvalue weighted by molar-refractivity contribution is 6.50. The first-order chi connectivity index (χ1) is 25.2. The number of nitrogens with one attached hydrogen (secondary N) is 1. The summed E-state index contributed by atoms with van der Waals surface area (Å²) >= 11 is 0. The van der Waals surface area contributed by atoms with Crippen LogP contribution in [0.4, 0.5) is 0 Å². The molecule has 0 saturated heterocycles. The molecular formula is C46H65NO6. The fourth-order valence-corrected chi connectivity index (χ4v) is 8.02. The maximum Gasteiger partial charge on any atom is 0.233 e. The molecule has 7 nitrogen and oxygen atoms in total. The molecule has 290 valence electrons. The highest BCUT2D eigenvalue weighted by atomic mass is 16.3. The van der Waals surface area contributed by atoms with Crippen LogP contribution in [0.1, 0.15) is 138 Å². The molecule has 0 spiro atoms. The number of ketones is 4. The van der Waals surface area contributed by atoms with E-state index >= 15 is 0 Å². The molecule has 4 aliphatic rings. The van der Waals surface area contributed by atoms with E-state index in [0.717, 1.165) is 88.2 Å². The first-order valence-corrected chi connectivity index (χ1v) is 20.1. The zero-order chi connectivity index (χ0) is 39.4. The van der Waals surface area contributed by atoms with E-state index in [2.05, 4.69) is 39.2 Å². The van der Waals surface area contributed by atoms with Gasteiger partial charge in [0.25, 0.3) is 0 Å². The topological polar surface area (TPSA) is 121 Å².